The number of aliphatic hydroxyl groups excluding tert-OH is 1. The van der Waals surface area contributed by atoms with E-state index in [-0.39, 0.29) is 30.9 Å². The van der Waals surface area contributed by atoms with E-state index in [1.54, 1.807) is 7.05 Å². The lowest BCUT2D eigenvalue weighted by Crippen LogP contribution is -2.34. The number of hydrogen-bond donors (Lipinski definition) is 3. The second-order valence-electron chi connectivity index (χ2n) is 3.06. The summed E-state index contributed by atoms with van der Waals surface area (Å²) < 4.78 is 0. The SMILES string of the molecule is CN[C@@H](CCC(=O)NCCO)C(C)=O. The van der Waals surface area contributed by atoms with Crippen LogP contribution in [0.15, 0.2) is 0 Å². The highest BCUT2D eigenvalue weighted by atomic mass is 16.3. The number of likely N-dealkylation sites (N-methyl/N-ethyl adjacent to an activating group) is 1. The topological polar surface area (TPSA) is 78.4 Å². The molecule has 0 aromatic heterocycles. The van der Waals surface area contributed by atoms with Gasteiger partial charge in [-0.2, -0.15) is 0 Å². The molecule has 0 aliphatic carbocycles. The third-order valence-corrected chi connectivity index (χ3v) is 1.93. The van der Waals surface area contributed by atoms with Crippen molar-refractivity contribution in [2.75, 3.05) is 20.2 Å². The molecule has 1 atom stereocenters. The third-order valence-electron chi connectivity index (χ3n) is 1.93. The van der Waals surface area contributed by atoms with Crippen LogP contribution in [0.1, 0.15) is 19.8 Å². The molecule has 0 saturated carbocycles. The number of carbonyl (C=O) groups excluding carboxylic acids is 2. The number of carbonyl (C=O) groups is 2. The maximum atomic E-state index is 11.1. The molecular weight excluding hydrogens is 184 g/mol. The molecular formula is C9H18N2O3. The van der Waals surface area contributed by atoms with Gasteiger partial charge in [0.2, 0.25) is 5.91 Å². The molecule has 1 amide bonds. The largest absolute Gasteiger partial charge is 0.395 e. The number of ketones is 1. The average molecular weight is 202 g/mol. The van der Waals surface area contributed by atoms with Gasteiger partial charge in [0.05, 0.1) is 12.6 Å². The van der Waals surface area contributed by atoms with Crippen molar-refractivity contribution in [3.05, 3.63) is 0 Å². The molecule has 0 aliphatic heterocycles. The number of rotatable bonds is 7. The summed E-state index contributed by atoms with van der Waals surface area (Å²) in [6.45, 7) is 1.70. The minimum absolute atomic E-state index is 0.0301. The zero-order valence-corrected chi connectivity index (χ0v) is 8.67. The van der Waals surface area contributed by atoms with Crippen LogP contribution >= 0.6 is 0 Å². The second-order valence-corrected chi connectivity index (χ2v) is 3.06. The maximum Gasteiger partial charge on any atom is 0.220 e. The molecule has 14 heavy (non-hydrogen) atoms. The van der Waals surface area contributed by atoms with Gasteiger partial charge in [-0.05, 0) is 20.4 Å². The van der Waals surface area contributed by atoms with Crippen molar-refractivity contribution in [3.63, 3.8) is 0 Å². The zero-order chi connectivity index (χ0) is 11.0. The van der Waals surface area contributed by atoms with Crippen molar-refractivity contribution in [1.29, 1.82) is 0 Å². The molecule has 0 spiro atoms. The van der Waals surface area contributed by atoms with Gasteiger partial charge in [0.25, 0.3) is 0 Å². The normalized spacial score (nSPS) is 12.2. The Morgan fingerprint density at radius 3 is 2.50 bits per heavy atom. The van der Waals surface area contributed by atoms with E-state index in [4.69, 9.17) is 5.11 Å². The highest BCUT2D eigenvalue weighted by molar-refractivity contribution is 5.82. The van der Waals surface area contributed by atoms with Crippen molar-refractivity contribution in [3.8, 4) is 0 Å². The summed E-state index contributed by atoms with van der Waals surface area (Å²) in [5, 5.41) is 13.8. The minimum Gasteiger partial charge on any atom is -0.395 e. The van der Waals surface area contributed by atoms with Gasteiger partial charge in [-0.15, -0.1) is 0 Å². The minimum atomic E-state index is -0.255. The summed E-state index contributed by atoms with van der Waals surface area (Å²) in [5.74, 6) is -0.108. The Hall–Kier alpha value is -0.940. The highest BCUT2D eigenvalue weighted by Gasteiger charge is 2.12. The number of aliphatic hydroxyl groups is 1. The van der Waals surface area contributed by atoms with Gasteiger partial charge in [0.15, 0.2) is 0 Å². The van der Waals surface area contributed by atoms with E-state index < -0.39 is 0 Å². The summed E-state index contributed by atoms with van der Waals surface area (Å²) in [5.41, 5.74) is 0. The molecule has 0 radical (unpaired) electrons. The first-order valence-corrected chi connectivity index (χ1v) is 4.67. The van der Waals surface area contributed by atoms with Gasteiger partial charge < -0.3 is 15.7 Å². The van der Waals surface area contributed by atoms with Crippen molar-refractivity contribution < 1.29 is 14.7 Å². The fourth-order valence-corrected chi connectivity index (χ4v) is 1.11. The monoisotopic (exact) mass is 202 g/mol. The Bertz CT molecular complexity index is 194. The molecule has 0 fully saturated rings. The van der Waals surface area contributed by atoms with Gasteiger partial charge in [0.1, 0.15) is 5.78 Å². The first-order chi connectivity index (χ1) is 6.61. The first-order valence-electron chi connectivity index (χ1n) is 4.67. The molecule has 0 aliphatic rings. The van der Waals surface area contributed by atoms with Crippen molar-refractivity contribution in [1.82, 2.24) is 10.6 Å². The highest BCUT2D eigenvalue weighted by Crippen LogP contribution is 1.97. The Labute approximate surface area is 83.9 Å². The first kappa shape index (κ1) is 13.1. The molecule has 0 heterocycles. The van der Waals surface area contributed by atoms with E-state index in [9.17, 15) is 9.59 Å². The van der Waals surface area contributed by atoms with E-state index in [1.807, 2.05) is 0 Å². The van der Waals surface area contributed by atoms with Gasteiger partial charge in [0, 0.05) is 13.0 Å². The van der Waals surface area contributed by atoms with Gasteiger partial charge in [-0.3, -0.25) is 9.59 Å². The van der Waals surface area contributed by atoms with Crippen molar-refractivity contribution in [2.24, 2.45) is 0 Å². The summed E-state index contributed by atoms with van der Waals surface area (Å²) >= 11 is 0. The summed E-state index contributed by atoms with van der Waals surface area (Å²) in [6, 6.07) is -0.255. The van der Waals surface area contributed by atoms with Crippen LogP contribution in [0.2, 0.25) is 0 Å². The zero-order valence-electron chi connectivity index (χ0n) is 8.67. The van der Waals surface area contributed by atoms with Crippen LogP contribution < -0.4 is 10.6 Å². The van der Waals surface area contributed by atoms with E-state index in [1.165, 1.54) is 6.92 Å². The van der Waals surface area contributed by atoms with Crippen LogP contribution in [0.4, 0.5) is 0 Å². The van der Waals surface area contributed by atoms with Crippen LogP contribution in [0.5, 0.6) is 0 Å². The summed E-state index contributed by atoms with van der Waals surface area (Å²) in [6.07, 6.45) is 0.786. The summed E-state index contributed by atoms with van der Waals surface area (Å²) in [7, 11) is 1.69. The van der Waals surface area contributed by atoms with Gasteiger partial charge in [-0.1, -0.05) is 0 Å². The van der Waals surface area contributed by atoms with Crippen molar-refractivity contribution >= 4 is 11.7 Å². The number of Topliss-reactive ketones (excluding diaryl/α,β-unsaturated/α-hetero) is 1. The Morgan fingerprint density at radius 1 is 1.43 bits per heavy atom. The average Bonchev–Trinajstić information content (AvgIpc) is 2.15. The molecule has 0 bridgehead atoms. The third kappa shape index (κ3) is 5.66. The molecule has 0 aromatic rings. The lowest BCUT2D eigenvalue weighted by molar-refractivity contribution is -0.122. The fraction of sp³-hybridized carbons (Fsp3) is 0.778. The molecule has 0 rings (SSSR count). The Morgan fingerprint density at radius 2 is 2.07 bits per heavy atom. The number of hydrogen-bond acceptors (Lipinski definition) is 4. The standard InChI is InChI=1S/C9H18N2O3/c1-7(13)8(10-2)3-4-9(14)11-5-6-12/h8,10,12H,3-6H2,1-2H3,(H,11,14)/t8-/m0/s1. The van der Waals surface area contributed by atoms with E-state index in [0.717, 1.165) is 0 Å². The molecule has 5 nitrogen and oxygen atoms in total. The van der Waals surface area contributed by atoms with Gasteiger partial charge in [-0.25, -0.2) is 0 Å². The van der Waals surface area contributed by atoms with Crippen LogP contribution in [0.3, 0.4) is 0 Å². The Balaban J connectivity index is 3.68. The van der Waals surface area contributed by atoms with Gasteiger partial charge >= 0.3 is 0 Å². The van der Waals surface area contributed by atoms with Crippen LogP contribution in [0, 0.1) is 0 Å². The number of nitrogens with one attached hydrogen (secondary N) is 2. The van der Waals surface area contributed by atoms with Crippen LogP contribution in [-0.4, -0.2) is 43.0 Å². The van der Waals surface area contributed by atoms with E-state index in [2.05, 4.69) is 10.6 Å². The molecule has 5 heteroatoms. The van der Waals surface area contributed by atoms with Crippen LogP contribution in [0.25, 0.3) is 0 Å². The predicted molar refractivity (Wildman–Crippen MR) is 52.9 cm³/mol. The lowest BCUT2D eigenvalue weighted by atomic mass is 10.1. The van der Waals surface area contributed by atoms with E-state index in [0.29, 0.717) is 12.8 Å². The maximum absolute atomic E-state index is 11.1. The number of amides is 1. The molecule has 0 saturated heterocycles. The lowest BCUT2D eigenvalue weighted by Gasteiger charge is -2.11. The second kappa shape index (κ2) is 7.46. The quantitative estimate of drug-likeness (QED) is 0.497. The van der Waals surface area contributed by atoms with Crippen LogP contribution in [-0.2, 0) is 9.59 Å². The smallest absolute Gasteiger partial charge is 0.220 e. The van der Waals surface area contributed by atoms with Crippen molar-refractivity contribution in [2.45, 2.75) is 25.8 Å². The molecule has 0 unspecified atom stereocenters. The Kier molecular flexibility index (Phi) is 6.96. The van der Waals surface area contributed by atoms with E-state index >= 15 is 0 Å². The fourth-order valence-electron chi connectivity index (χ4n) is 1.11. The predicted octanol–water partition coefficient (Wildman–Crippen LogP) is -0.948. The molecule has 82 valence electrons. The molecule has 3 N–H and O–H groups in total. The summed E-state index contributed by atoms with van der Waals surface area (Å²) in [4.78, 5) is 22.1. The molecule has 0 aromatic carbocycles.